The Bertz CT molecular complexity index is 464. The van der Waals surface area contributed by atoms with Gasteiger partial charge in [-0.15, -0.1) is 24.0 Å². The second kappa shape index (κ2) is 8.07. The SMILES string of the molecule is CN(C)C(N)=NCC1CCN(c2cccc(Br)c2)C1.I. The zero-order chi connectivity index (χ0) is 13.8. The third kappa shape index (κ3) is 4.80. The van der Waals surface area contributed by atoms with Gasteiger partial charge in [0.25, 0.3) is 0 Å². The fraction of sp³-hybridized carbons (Fsp3) is 0.500. The number of nitrogens with zero attached hydrogens (tertiary/aromatic N) is 3. The lowest BCUT2D eigenvalue weighted by Crippen LogP contribution is -2.31. The van der Waals surface area contributed by atoms with Gasteiger partial charge in [-0.2, -0.15) is 0 Å². The molecule has 0 amide bonds. The summed E-state index contributed by atoms with van der Waals surface area (Å²) in [6.07, 6.45) is 1.18. The van der Waals surface area contributed by atoms with Gasteiger partial charge in [-0.05, 0) is 30.5 Å². The number of anilines is 1. The number of benzene rings is 1. The van der Waals surface area contributed by atoms with Crippen molar-refractivity contribution in [2.75, 3.05) is 38.6 Å². The van der Waals surface area contributed by atoms with Crippen LogP contribution < -0.4 is 10.6 Å². The molecule has 1 atom stereocenters. The number of halogens is 2. The van der Waals surface area contributed by atoms with E-state index in [9.17, 15) is 0 Å². The molecule has 0 spiro atoms. The minimum absolute atomic E-state index is 0. The van der Waals surface area contributed by atoms with Gasteiger partial charge in [0.2, 0.25) is 0 Å². The second-order valence-corrected chi connectivity index (χ2v) is 6.09. The predicted molar refractivity (Wildman–Crippen MR) is 100 cm³/mol. The molecule has 20 heavy (non-hydrogen) atoms. The van der Waals surface area contributed by atoms with Gasteiger partial charge in [0.05, 0.1) is 0 Å². The van der Waals surface area contributed by atoms with Crippen LogP contribution in [0.1, 0.15) is 6.42 Å². The average molecular weight is 453 g/mol. The maximum atomic E-state index is 5.82. The first-order valence-corrected chi connectivity index (χ1v) is 7.33. The first-order chi connectivity index (χ1) is 9.06. The van der Waals surface area contributed by atoms with Crippen LogP contribution in [-0.4, -0.2) is 44.6 Å². The van der Waals surface area contributed by atoms with E-state index >= 15 is 0 Å². The summed E-state index contributed by atoms with van der Waals surface area (Å²) < 4.78 is 1.13. The number of rotatable bonds is 3. The van der Waals surface area contributed by atoms with Crippen LogP contribution in [0.4, 0.5) is 5.69 Å². The molecule has 1 aliphatic heterocycles. The van der Waals surface area contributed by atoms with Crippen LogP contribution in [0.2, 0.25) is 0 Å². The Morgan fingerprint density at radius 2 is 2.25 bits per heavy atom. The van der Waals surface area contributed by atoms with Gasteiger partial charge in [-0.3, -0.25) is 4.99 Å². The van der Waals surface area contributed by atoms with Gasteiger partial charge in [0.15, 0.2) is 5.96 Å². The van der Waals surface area contributed by atoms with Crippen molar-refractivity contribution in [1.82, 2.24) is 4.90 Å². The van der Waals surface area contributed by atoms with Gasteiger partial charge in [-0.1, -0.05) is 22.0 Å². The Hall–Kier alpha value is -0.500. The summed E-state index contributed by atoms with van der Waals surface area (Å²) >= 11 is 3.52. The zero-order valence-corrected chi connectivity index (χ0v) is 15.8. The average Bonchev–Trinajstić information content (AvgIpc) is 2.84. The van der Waals surface area contributed by atoms with E-state index in [2.05, 4.69) is 50.1 Å². The molecule has 2 rings (SSSR count). The van der Waals surface area contributed by atoms with Crippen LogP contribution in [0.5, 0.6) is 0 Å². The fourth-order valence-electron chi connectivity index (χ4n) is 2.25. The van der Waals surface area contributed by atoms with E-state index in [-0.39, 0.29) is 24.0 Å². The minimum Gasteiger partial charge on any atom is -0.371 e. The monoisotopic (exact) mass is 452 g/mol. The quantitative estimate of drug-likeness (QED) is 0.435. The molecule has 0 saturated carbocycles. The van der Waals surface area contributed by atoms with E-state index in [4.69, 9.17) is 5.73 Å². The zero-order valence-electron chi connectivity index (χ0n) is 11.9. The van der Waals surface area contributed by atoms with Gasteiger partial charge in [-0.25, -0.2) is 0 Å². The summed E-state index contributed by atoms with van der Waals surface area (Å²) in [4.78, 5) is 8.70. The first kappa shape index (κ1) is 17.6. The summed E-state index contributed by atoms with van der Waals surface area (Å²) in [5.74, 6) is 1.21. The molecule has 1 saturated heterocycles. The molecule has 112 valence electrons. The molecular weight excluding hydrogens is 431 g/mol. The molecule has 1 aliphatic rings. The number of aliphatic imine (C=N–C) groups is 1. The van der Waals surface area contributed by atoms with Crippen molar-refractivity contribution in [3.05, 3.63) is 28.7 Å². The van der Waals surface area contributed by atoms with Crippen molar-refractivity contribution >= 4 is 51.6 Å². The van der Waals surface area contributed by atoms with Crippen LogP contribution in [0.15, 0.2) is 33.7 Å². The number of guanidine groups is 1. The topological polar surface area (TPSA) is 44.9 Å². The van der Waals surface area contributed by atoms with Crippen LogP contribution in [0.25, 0.3) is 0 Å². The fourth-order valence-corrected chi connectivity index (χ4v) is 2.64. The Labute approximate surface area is 146 Å². The highest BCUT2D eigenvalue weighted by Gasteiger charge is 2.22. The lowest BCUT2D eigenvalue weighted by molar-refractivity contribution is 0.574. The minimum atomic E-state index is 0. The Balaban J connectivity index is 0.00000200. The molecule has 1 heterocycles. The van der Waals surface area contributed by atoms with Crippen molar-refractivity contribution < 1.29 is 0 Å². The van der Waals surface area contributed by atoms with E-state index in [1.807, 2.05) is 19.0 Å². The van der Waals surface area contributed by atoms with Crippen molar-refractivity contribution in [3.8, 4) is 0 Å². The molecule has 0 bridgehead atoms. The number of nitrogens with two attached hydrogens (primary N) is 1. The van der Waals surface area contributed by atoms with Crippen molar-refractivity contribution in [2.45, 2.75) is 6.42 Å². The predicted octanol–water partition coefficient (Wildman–Crippen LogP) is 2.77. The smallest absolute Gasteiger partial charge is 0.190 e. The third-order valence-electron chi connectivity index (χ3n) is 3.43. The lowest BCUT2D eigenvalue weighted by Gasteiger charge is -2.18. The molecule has 1 unspecified atom stereocenters. The second-order valence-electron chi connectivity index (χ2n) is 5.17. The third-order valence-corrected chi connectivity index (χ3v) is 3.92. The van der Waals surface area contributed by atoms with Crippen molar-refractivity contribution in [3.63, 3.8) is 0 Å². The van der Waals surface area contributed by atoms with E-state index < -0.39 is 0 Å². The molecule has 0 aliphatic carbocycles. The molecule has 4 nitrogen and oxygen atoms in total. The summed E-state index contributed by atoms with van der Waals surface area (Å²) in [6, 6.07) is 8.46. The standard InChI is InChI=1S/C14H21BrN4.HI/c1-18(2)14(16)17-9-11-6-7-19(10-11)13-5-3-4-12(15)8-13;/h3-5,8,11H,6-7,9-10H2,1-2H3,(H2,16,17);1H. The van der Waals surface area contributed by atoms with Crippen LogP contribution in [0, 0.1) is 5.92 Å². The van der Waals surface area contributed by atoms with Crippen LogP contribution in [0.3, 0.4) is 0 Å². The van der Waals surface area contributed by atoms with E-state index in [1.54, 1.807) is 0 Å². The normalized spacial score (nSPS) is 18.9. The highest BCUT2D eigenvalue weighted by molar-refractivity contribution is 14.0. The summed E-state index contributed by atoms with van der Waals surface area (Å²) in [5, 5.41) is 0. The Morgan fingerprint density at radius 1 is 1.50 bits per heavy atom. The van der Waals surface area contributed by atoms with Crippen LogP contribution in [-0.2, 0) is 0 Å². The molecule has 1 fully saturated rings. The summed E-state index contributed by atoms with van der Waals surface area (Å²) in [7, 11) is 3.84. The molecule has 0 aromatic heterocycles. The Kier molecular flexibility index (Phi) is 7.08. The van der Waals surface area contributed by atoms with Crippen molar-refractivity contribution in [2.24, 2.45) is 16.6 Å². The van der Waals surface area contributed by atoms with Crippen molar-refractivity contribution in [1.29, 1.82) is 0 Å². The Morgan fingerprint density at radius 3 is 2.90 bits per heavy atom. The molecule has 6 heteroatoms. The number of hydrogen-bond donors (Lipinski definition) is 1. The highest BCUT2D eigenvalue weighted by Crippen LogP contribution is 2.26. The number of hydrogen-bond acceptors (Lipinski definition) is 2. The lowest BCUT2D eigenvalue weighted by atomic mass is 10.1. The molecule has 1 aromatic rings. The van der Waals surface area contributed by atoms with E-state index in [0.29, 0.717) is 11.9 Å². The summed E-state index contributed by atoms with van der Waals surface area (Å²) in [5.41, 5.74) is 7.10. The first-order valence-electron chi connectivity index (χ1n) is 6.54. The highest BCUT2D eigenvalue weighted by atomic mass is 127. The molecule has 2 N–H and O–H groups in total. The van der Waals surface area contributed by atoms with Gasteiger partial charge in [0.1, 0.15) is 0 Å². The summed E-state index contributed by atoms with van der Waals surface area (Å²) in [6.45, 7) is 2.97. The van der Waals surface area contributed by atoms with Gasteiger partial charge < -0.3 is 15.5 Å². The van der Waals surface area contributed by atoms with Gasteiger partial charge >= 0.3 is 0 Å². The van der Waals surface area contributed by atoms with E-state index in [1.165, 1.54) is 12.1 Å². The molecule has 1 aromatic carbocycles. The maximum absolute atomic E-state index is 5.82. The van der Waals surface area contributed by atoms with E-state index in [0.717, 1.165) is 24.1 Å². The largest absolute Gasteiger partial charge is 0.371 e. The van der Waals surface area contributed by atoms with Gasteiger partial charge in [0, 0.05) is 43.9 Å². The maximum Gasteiger partial charge on any atom is 0.190 e. The van der Waals surface area contributed by atoms with Crippen LogP contribution >= 0.6 is 39.9 Å². The molecule has 0 radical (unpaired) electrons. The molecular formula is C14H22BrIN4.